The summed E-state index contributed by atoms with van der Waals surface area (Å²) < 4.78 is 6.80. The van der Waals surface area contributed by atoms with Crippen LogP contribution in [0.25, 0.3) is 0 Å². The first kappa shape index (κ1) is 7.02. The summed E-state index contributed by atoms with van der Waals surface area (Å²) >= 11 is 0. The molecule has 0 atom stereocenters. The molecule has 0 aliphatic heterocycles. The lowest BCUT2D eigenvalue weighted by Crippen LogP contribution is -1.96. The van der Waals surface area contributed by atoms with Gasteiger partial charge in [0, 0.05) is 12.4 Å². The molecule has 0 N–H and O–H groups in total. The zero-order chi connectivity index (χ0) is 8.39. The first-order valence-corrected chi connectivity index (χ1v) is 3.59. The van der Waals surface area contributed by atoms with Crippen LogP contribution in [0.1, 0.15) is 11.7 Å². The van der Waals surface area contributed by atoms with Crippen molar-refractivity contribution in [2.75, 3.05) is 0 Å². The molecule has 2 heterocycles. The van der Waals surface area contributed by atoms with E-state index in [0.29, 0.717) is 18.3 Å². The molecule has 5 nitrogen and oxygen atoms in total. The summed E-state index contributed by atoms with van der Waals surface area (Å²) in [5.74, 6) is 1.26. The largest absolute Gasteiger partial charge is 0.337 e. The number of nitrogens with zero attached hydrogens (tertiary/aromatic N) is 4. The fourth-order valence-electron chi connectivity index (χ4n) is 0.941. The minimum atomic E-state index is 0.584. The molecule has 5 heteroatoms. The van der Waals surface area contributed by atoms with E-state index >= 15 is 0 Å². The van der Waals surface area contributed by atoms with Crippen LogP contribution >= 0.6 is 0 Å². The molecule has 2 rings (SSSR count). The van der Waals surface area contributed by atoms with E-state index in [0.717, 1.165) is 0 Å². The number of hydrogen-bond acceptors (Lipinski definition) is 4. The topological polar surface area (TPSA) is 56.7 Å². The summed E-state index contributed by atoms with van der Waals surface area (Å²) in [6, 6.07) is 0. The summed E-state index contributed by atoms with van der Waals surface area (Å²) in [6.45, 7) is 2.38. The average molecular weight is 164 g/mol. The van der Waals surface area contributed by atoms with Gasteiger partial charge in [0.25, 0.3) is 0 Å². The Hall–Kier alpha value is -1.65. The zero-order valence-electron chi connectivity index (χ0n) is 6.64. The second-order valence-corrected chi connectivity index (χ2v) is 2.47. The van der Waals surface area contributed by atoms with Crippen LogP contribution in [-0.2, 0) is 6.54 Å². The molecule has 2 aromatic rings. The van der Waals surface area contributed by atoms with E-state index in [4.69, 9.17) is 4.52 Å². The quantitative estimate of drug-likeness (QED) is 0.653. The third-order valence-corrected chi connectivity index (χ3v) is 1.45. The van der Waals surface area contributed by atoms with Crippen molar-refractivity contribution in [1.29, 1.82) is 0 Å². The van der Waals surface area contributed by atoms with E-state index in [1.54, 1.807) is 19.4 Å². The molecule has 0 amide bonds. The maximum atomic E-state index is 4.93. The van der Waals surface area contributed by atoms with Gasteiger partial charge in [0.05, 0.1) is 6.33 Å². The molecule has 0 fully saturated rings. The van der Waals surface area contributed by atoms with Crippen molar-refractivity contribution >= 4 is 0 Å². The van der Waals surface area contributed by atoms with Gasteiger partial charge in [-0.1, -0.05) is 5.16 Å². The summed E-state index contributed by atoms with van der Waals surface area (Å²) in [6.07, 6.45) is 5.27. The van der Waals surface area contributed by atoms with E-state index in [2.05, 4.69) is 15.1 Å². The summed E-state index contributed by atoms with van der Waals surface area (Å²) in [7, 11) is 0. The lowest BCUT2D eigenvalue weighted by molar-refractivity contribution is 0.367. The van der Waals surface area contributed by atoms with Gasteiger partial charge < -0.3 is 9.09 Å². The van der Waals surface area contributed by atoms with Crippen molar-refractivity contribution < 1.29 is 4.52 Å². The van der Waals surface area contributed by atoms with Crippen LogP contribution in [0.3, 0.4) is 0 Å². The van der Waals surface area contributed by atoms with Crippen molar-refractivity contribution in [1.82, 2.24) is 19.7 Å². The average Bonchev–Trinajstić information content (AvgIpc) is 2.63. The maximum absolute atomic E-state index is 4.93. The molecule has 0 aliphatic rings. The Bertz CT molecular complexity index is 351. The van der Waals surface area contributed by atoms with Gasteiger partial charge in [-0.2, -0.15) is 4.98 Å². The van der Waals surface area contributed by atoms with E-state index in [9.17, 15) is 0 Å². The highest BCUT2D eigenvalue weighted by atomic mass is 16.5. The number of rotatable bonds is 2. The van der Waals surface area contributed by atoms with E-state index in [-0.39, 0.29) is 0 Å². The van der Waals surface area contributed by atoms with Crippen molar-refractivity contribution in [3.8, 4) is 0 Å². The Morgan fingerprint density at radius 1 is 1.58 bits per heavy atom. The highest BCUT2D eigenvalue weighted by Gasteiger charge is 2.01. The van der Waals surface area contributed by atoms with Crippen LogP contribution < -0.4 is 0 Å². The Balaban J connectivity index is 2.14. The van der Waals surface area contributed by atoms with Crippen LogP contribution in [0.15, 0.2) is 23.2 Å². The predicted molar refractivity (Wildman–Crippen MR) is 40.4 cm³/mol. The Morgan fingerprint density at radius 2 is 2.50 bits per heavy atom. The highest BCUT2D eigenvalue weighted by Crippen LogP contribution is 1.98. The zero-order valence-corrected chi connectivity index (χ0v) is 6.64. The molecular weight excluding hydrogens is 156 g/mol. The minimum Gasteiger partial charge on any atom is -0.337 e. The number of hydrogen-bond donors (Lipinski definition) is 0. The van der Waals surface area contributed by atoms with Gasteiger partial charge in [0.1, 0.15) is 6.54 Å². The molecule has 0 saturated carbocycles. The second kappa shape index (κ2) is 2.77. The Morgan fingerprint density at radius 3 is 3.08 bits per heavy atom. The molecule has 0 spiro atoms. The molecular formula is C7H8N4O. The fourth-order valence-corrected chi connectivity index (χ4v) is 0.941. The predicted octanol–water partition coefficient (Wildman–Crippen LogP) is 0.623. The summed E-state index contributed by atoms with van der Waals surface area (Å²) in [5, 5.41) is 3.68. The maximum Gasteiger partial charge on any atom is 0.246 e. The minimum absolute atomic E-state index is 0.584. The number of imidazole rings is 1. The van der Waals surface area contributed by atoms with Gasteiger partial charge in [-0.05, 0) is 6.92 Å². The third-order valence-electron chi connectivity index (χ3n) is 1.45. The summed E-state index contributed by atoms with van der Waals surface area (Å²) in [5.41, 5.74) is 0. The Kier molecular flexibility index (Phi) is 1.62. The molecule has 12 heavy (non-hydrogen) atoms. The van der Waals surface area contributed by atoms with Gasteiger partial charge in [-0.25, -0.2) is 4.98 Å². The van der Waals surface area contributed by atoms with E-state index in [1.165, 1.54) is 0 Å². The fraction of sp³-hybridized carbons (Fsp3) is 0.286. The molecule has 0 aliphatic carbocycles. The van der Waals surface area contributed by atoms with Gasteiger partial charge in [0.15, 0.2) is 5.82 Å². The first-order valence-electron chi connectivity index (χ1n) is 3.59. The van der Waals surface area contributed by atoms with E-state index < -0.39 is 0 Å². The molecule has 0 bridgehead atoms. The van der Waals surface area contributed by atoms with Crippen LogP contribution in [-0.4, -0.2) is 19.7 Å². The first-order chi connectivity index (χ1) is 5.84. The normalized spacial score (nSPS) is 10.4. The SMILES string of the molecule is Cc1noc(Cn2ccnc2)n1. The number of aryl methyl sites for hydroxylation is 1. The van der Waals surface area contributed by atoms with Gasteiger partial charge in [-0.3, -0.25) is 0 Å². The van der Waals surface area contributed by atoms with Crippen LogP contribution in [0, 0.1) is 6.92 Å². The monoisotopic (exact) mass is 164 g/mol. The number of aromatic nitrogens is 4. The standard InChI is InChI=1S/C7H8N4O/c1-6-9-7(12-10-6)4-11-3-2-8-5-11/h2-3,5H,4H2,1H3. The molecule has 62 valence electrons. The Labute approximate surface area is 69.0 Å². The van der Waals surface area contributed by atoms with Gasteiger partial charge in [0.2, 0.25) is 5.89 Å². The van der Waals surface area contributed by atoms with Crippen LogP contribution in [0.4, 0.5) is 0 Å². The van der Waals surface area contributed by atoms with Crippen LogP contribution in [0.2, 0.25) is 0 Å². The highest BCUT2D eigenvalue weighted by molar-refractivity contribution is 4.86. The van der Waals surface area contributed by atoms with Gasteiger partial charge in [-0.15, -0.1) is 0 Å². The molecule has 0 unspecified atom stereocenters. The van der Waals surface area contributed by atoms with Crippen molar-refractivity contribution in [3.63, 3.8) is 0 Å². The molecule has 2 aromatic heterocycles. The third kappa shape index (κ3) is 1.34. The lowest BCUT2D eigenvalue weighted by atomic mass is 10.6. The molecule has 0 saturated heterocycles. The van der Waals surface area contributed by atoms with Crippen molar-refractivity contribution in [3.05, 3.63) is 30.4 Å². The lowest BCUT2D eigenvalue weighted by Gasteiger charge is -1.93. The molecule has 0 radical (unpaired) electrons. The van der Waals surface area contributed by atoms with Gasteiger partial charge >= 0.3 is 0 Å². The van der Waals surface area contributed by atoms with Crippen LogP contribution in [0.5, 0.6) is 0 Å². The van der Waals surface area contributed by atoms with Crippen molar-refractivity contribution in [2.45, 2.75) is 13.5 Å². The summed E-state index contributed by atoms with van der Waals surface area (Å²) in [4.78, 5) is 7.96. The van der Waals surface area contributed by atoms with E-state index in [1.807, 2.05) is 10.8 Å². The molecule has 0 aromatic carbocycles. The van der Waals surface area contributed by atoms with Crippen molar-refractivity contribution in [2.24, 2.45) is 0 Å². The second-order valence-electron chi connectivity index (χ2n) is 2.47. The smallest absolute Gasteiger partial charge is 0.246 e.